The number of nitrogens with two attached hydrogens (primary N) is 1. The Kier molecular flexibility index (Phi) is 15.0. The molecule has 6 heteroatoms. The summed E-state index contributed by atoms with van der Waals surface area (Å²) in [5, 5.41) is 11.9. The van der Waals surface area contributed by atoms with Gasteiger partial charge in [0.1, 0.15) is 0 Å². The maximum Gasteiger partial charge on any atom is 0.306 e. The third-order valence-corrected chi connectivity index (χ3v) is 7.17. The summed E-state index contributed by atoms with van der Waals surface area (Å²) in [5.74, 6) is -1.72. The van der Waals surface area contributed by atoms with Crippen LogP contribution in [0, 0.1) is 16.7 Å². The van der Waals surface area contributed by atoms with Gasteiger partial charge >= 0.3 is 5.97 Å². The van der Waals surface area contributed by atoms with Crippen molar-refractivity contribution < 1.29 is 19.5 Å². The Bertz CT molecular complexity index is 839. The van der Waals surface area contributed by atoms with E-state index in [1.54, 1.807) is 20.9 Å². The molecule has 204 valence electrons. The second kappa shape index (κ2) is 16.2. The predicted octanol–water partition coefficient (Wildman–Crippen LogP) is 6.46. The fraction of sp³-hybridized carbons (Fsp3) is 0.633. The zero-order chi connectivity index (χ0) is 27.9. The molecule has 0 heterocycles. The van der Waals surface area contributed by atoms with Gasteiger partial charge in [-0.15, -0.1) is 0 Å². The van der Waals surface area contributed by atoms with Gasteiger partial charge in [-0.1, -0.05) is 90.4 Å². The van der Waals surface area contributed by atoms with Crippen molar-refractivity contribution in [2.75, 3.05) is 7.05 Å². The van der Waals surface area contributed by atoms with Crippen molar-refractivity contribution >= 4 is 17.8 Å². The molecule has 0 aliphatic carbocycles. The maximum atomic E-state index is 12.6. The lowest BCUT2D eigenvalue weighted by atomic mass is 9.66. The summed E-state index contributed by atoms with van der Waals surface area (Å²) in [4.78, 5) is 35.9. The second-order valence-corrected chi connectivity index (χ2v) is 10.8. The highest BCUT2D eigenvalue weighted by Gasteiger charge is 2.44. The van der Waals surface area contributed by atoms with E-state index in [1.807, 2.05) is 6.92 Å². The summed E-state index contributed by atoms with van der Waals surface area (Å²) in [5.41, 5.74) is 6.34. The predicted molar refractivity (Wildman–Crippen MR) is 149 cm³/mol. The van der Waals surface area contributed by atoms with Crippen LogP contribution in [0.15, 0.2) is 42.5 Å². The molecular formula is C30H50N2O4. The number of allylic oxidation sites excluding steroid dienone is 1. The number of amides is 2. The molecule has 2 amide bonds. The molecule has 1 aromatic carbocycles. The summed E-state index contributed by atoms with van der Waals surface area (Å²) in [6, 6.07) is 10.6. The largest absolute Gasteiger partial charge is 0.481 e. The molecule has 0 aliphatic rings. The number of benzene rings is 1. The summed E-state index contributed by atoms with van der Waals surface area (Å²) in [6.45, 7) is 15.7. The van der Waals surface area contributed by atoms with Crippen molar-refractivity contribution in [2.24, 2.45) is 22.5 Å². The summed E-state index contributed by atoms with van der Waals surface area (Å²) in [6.07, 6.45) is 5.75. The van der Waals surface area contributed by atoms with Gasteiger partial charge in [-0.25, -0.2) is 0 Å². The lowest BCUT2D eigenvalue weighted by Gasteiger charge is -2.37. The zero-order valence-electron chi connectivity index (χ0n) is 23.7. The van der Waals surface area contributed by atoms with E-state index in [0.29, 0.717) is 12.3 Å². The lowest BCUT2D eigenvalue weighted by molar-refractivity contribution is -0.144. The first-order valence-corrected chi connectivity index (χ1v) is 13.2. The van der Waals surface area contributed by atoms with Crippen molar-refractivity contribution in [3.63, 3.8) is 0 Å². The molecule has 0 radical (unpaired) electrons. The topological polar surface area (TPSA) is 109 Å². The Morgan fingerprint density at radius 1 is 1.06 bits per heavy atom. The van der Waals surface area contributed by atoms with E-state index >= 15 is 0 Å². The van der Waals surface area contributed by atoms with Gasteiger partial charge in [0.15, 0.2) is 0 Å². The monoisotopic (exact) mass is 502 g/mol. The van der Waals surface area contributed by atoms with Crippen LogP contribution in [0.3, 0.4) is 0 Å². The van der Waals surface area contributed by atoms with Crippen LogP contribution in [-0.4, -0.2) is 29.9 Å². The van der Waals surface area contributed by atoms with Crippen molar-refractivity contribution in [3.05, 3.63) is 48.0 Å². The molecule has 36 heavy (non-hydrogen) atoms. The molecule has 1 rings (SSSR count). The van der Waals surface area contributed by atoms with Crippen LogP contribution >= 0.6 is 0 Å². The fourth-order valence-corrected chi connectivity index (χ4v) is 4.69. The van der Waals surface area contributed by atoms with Gasteiger partial charge in [-0.2, -0.15) is 0 Å². The Balaban J connectivity index is 0.00000101. The lowest BCUT2D eigenvalue weighted by Crippen LogP contribution is -2.46. The standard InChI is InChI=1S/C20H36N2O4.C10H14/c1-7-9-14(2)10-8-11-19(4,18(26)22-6)13-20(5,17(21)25)12-15(3)16(23)24;1-3-9(2)10-7-5-4-6-8-10/h15H,2,7-13H2,1,3-6H3,(H2,21,25)(H,22,26)(H,23,24);4-9H,3H2,1-2H3. The van der Waals surface area contributed by atoms with E-state index in [0.717, 1.165) is 31.3 Å². The highest BCUT2D eigenvalue weighted by molar-refractivity contribution is 5.85. The Hall–Kier alpha value is -2.63. The molecule has 6 nitrogen and oxygen atoms in total. The van der Waals surface area contributed by atoms with Gasteiger partial charge in [0, 0.05) is 17.9 Å². The smallest absolute Gasteiger partial charge is 0.306 e. The summed E-state index contributed by atoms with van der Waals surface area (Å²) in [7, 11) is 1.57. The van der Waals surface area contributed by atoms with Crippen LogP contribution < -0.4 is 11.1 Å². The minimum absolute atomic E-state index is 0.104. The highest BCUT2D eigenvalue weighted by atomic mass is 16.4. The van der Waals surface area contributed by atoms with Gasteiger partial charge in [0.25, 0.3) is 0 Å². The zero-order valence-corrected chi connectivity index (χ0v) is 23.7. The molecule has 1 aromatic rings. The number of primary amides is 1. The highest BCUT2D eigenvalue weighted by Crippen LogP contribution is 2.42. The van der Waals surface area contributed by atoms with E-state index in [1.165, 1.54) is 12.0 Å². The molecule has 0 aromatic heterocycles. The van der Waals surface area contributed by atoms with E-state index in [9.17, 15) is 19.5 Å². The summed E-state index contributed by atoms with van der Waals surface area (Å²) < 4.78 is 0. The molecule has 4 N–H and O–H groups in total. The third-order valence-electron chi connectivity index (χ3n) is 7.17. The normalized spacial score (nSPS) is 15.8. The molecule has 0 saturated carbocycles. The van der Waals surface area contributed by atoms with Crippen LogP contribution in [0.5, 0.6) is 0 Å². The Morgan fingerprint density at radius 3 is 2.08 bits per heavy atom. The molecule has 0 bridgehead atoms. The average Bonchev–Trinajstić information content (AvgIpc) is 2.83. The number of carbonyl (C=O) groups excluding carboxylic acids is 2. The quantitative estimate of drug-likeness (QED) is 0.239. The number of aliphatic carboxylic acids is 1. The van der Waals surface area contributed by atoms with E-state index in [4.69, 9.17) is 5.73 Å². The van der Waals surface area contributed by atoms with E-state index < -0.39 is 28.6 Å². The molecule has 4 unspecified atom stereocenters. The fourth-order valence-electron chi connectivity index (χ4n) is 4.69. The van der Waals surface area contributed by atoms with Crippen molar-refractivity contribution in [1.29, 1.82) is 0 Å². The summed E-state index contributed by atoms with van der Waals surface area (Å²) >= 11 is 0. The van der Waals surface area contributed by atoms with Crippen molar-refractivity contribution in [1.82, 2.24) is 5.32 Å². The number of carboxylic acids is 1. The SMILES string of the molecule is C=C(CCC)CCCC(C)(CC(C)(CC(C)C(=O)O)C(N)=O)C(=O)NC.CCC(C)c1ccccc1. The Labute approximate surface area is 219 Å². The molecular weight excluding hydrogens is 452 g/mol. The molecule has 0 saturated heterocycles. The second-order valence-electron chi connectivity index (χ2n) is 10.8. The van der Waals surface area contributed by atoms with Gasteiger partial charge in [0.05, 0.1) is 5.92 Å². The third kappa shape index (κ3) is 11.4. The van der Waals surface area contributed by atoms with Crippen LogP contribution in [-0.2, 0) is 14.4 Å². The number of hydrogen-bond acceptors (Lipinski definition) is 3. The number of rotatable bonds is 15. The Morgan fingerprint density at radius 2 is 1.64 bits per heavy atom. The van der Waals surface area contributed by atoms with Crippen molar-refractivity contribution in [3.8, 4) is 0 Å². The number of carbonyl (C=O) groups is 3. The van der Waals surface area contributed by atoms with Crippen LogP contribution in [0.1, 0.15) is 104 Å². The minimum Gasteiger partial charge on any atom is -0.481 e. The minimum atomic E-state index is -1.07. The maximum absolute atomic E-state index is 12.6. The molecule has 0 fully saturated rings. The molecule has 0 aliphatic heterocycles. The molecule has 4 atom stereocenters. The van der Waals surface area contributed by atoms with Crippen LogP contribution in [0.25, 0.3) is 0 Å². The first-order valence-electron chi connectivity index (χ1n) is 13.2. The number of carboxylic acid groups (broad SMARTS) is 1. The average molecular weight is 503 g/mol. The van der Waals surface area contributed by atoms with Crippen LogP contribution in [0.4, 0.5) is 0 Å². The first-order chi connectivity index (χ1) is 16.8. The van der Waals surface area contributed by atoms with Gasteiger partial charge in [-0.3, -0.25) is 14.4 Å². The van der Waals surface area contributed by atoms with Gasteiger partial charge < -0.3 is 16.2 Å². The van der Waals surface area contributed by atoms with Gasteiger partial charge in [-0.05, 0) is 56.4 Å². The van der Waals surface area contributed by atoms with Crippen molar-refractivity contribution in [2.45, 2.75) is 98.8 Å². The van der Waals surface area contributed by atoms with Crippen LogP contribution in [0.2, 0.25) is 0 Å². The first kappa shape index (κ1) is 33.4. The van der Waals surface area contributed by atoms with E-state index in [2.05, 4.69) is 63.0 Å². The number of hydrogen-bond donors (Lipinski definition) is 3. The van der Waals surface area contributed by atoms with E-state index in [-0.39, 0.29) is 18.7 Å². The molecule has 0 spiro atoms. The number of nitrogens with one attached hydrogen (secondary N) is 1. The van der Waals surface area contributed by atoms with Gasteiger partial charge in [0.2, 0.25) is 11.8 Å².